The molecule has 2 aromatic rings. The summed E-state index contributed by atoms with van der Waals surface area (Å²) >= 11 is 0. The fourth-order valence-electron chi connectivity index (χ4n) is 4.47. The fourth-order valence-corrected chi connectivity index (χ4v) is 4.47. The Balaban J connectivity index is 1.98. The third-order valence-corrected chi connectivity index (χ3v) is 5.87. The first-order valence-corrected chi connectivity index (χ1v) is 10.1. The normalized spacial score (nSPS) is 24.4. The minimum absolute atomic E-state index is 0.0765. The molecule has 3 atom stereocenters. The number of β-amino-alcohol motifs (C(OH)–C–C–N with tert-alkyl or cyclic N) is 1. The molecule has 2 aromatic carbocycles. The maximum absolute atomic E-state index is 13.8. The number of methoxy groups -OCH3 is 1. The number of carbonyl (C=O) groups is 2. The summed E-state index contributed by atoms with van der Waals surface area (Å²) in [4.78, 5) is 29.1. The number of aliphatic hydroxyl groups excluding tert-OH is 1. The molecule has 2 aliphatic heterocycles. The molecule has 2 N–H and O–H groups in total. The monoisotopic (exact) mass is 436 g/mol. The third kappa shape index (κ3) is 3.25. The summed E-state index contributed by atoms with van der Waals surface area (Å²) in [5.41, 5.74) is 0.490. The van der Waals surface area contributed by atoms with E-state index >= 15 is 0 Å². The molecule has 0 aromatic heterocycles. The number of para-hydroxylation sites is 1. The van der Waals surface area contributed by atoms with Crippen molar-refractivity contribution in [2.75, 3.05) is 33.1 Å². The van der Waals surface area contributed by atoms with Crippen LogP contribution < -0.4 is 10.1 Å². The maximum Gasteiger partial charge on any atom is 0.410 e. The fraction of sp³-hybridized carbons (Fsp3) is 0.348. The molecule has 0 radical (unpaired) electrons. The van der Waals surface area contributed by atoms with E-state index in [1.807, 2.05) is 0 Å². The van der Waals surface area contributed by atoms with Crippen LogP contribution in [-0.2, 0) is 15.1 Å². The average molecular weight is 436 g/mol. The quantitative estimate of drug-likeness (QED) is 0.752. The maximum atomic E-state index is 13.8. The van der Waals surface area contributed by atoms with Gasteiger partial charge >= 0.3 is 6.09 Å². The number of likely N-dealkylation sites (tertiary alicyclic amines) is 1. The number of nitrogens with one attached hydrogen (secondary N) is 1. The molecule has 2 aliphatic rings. The molecule has 4 rings (SSSR count). The molecule has 0 saturated carbocycles. The zero-order valence-corrected chi connectivity index (χ0v) is 18.0. The Morgan fingerprint density at radius 2 is 2.03 bits per heavy atom. The molecule has 2 heterocycles. The predicted octanol–water partition coefficient (Wildman–Crippen LogP) is 1.85. The highest BCUT2D eigenvalue weighted by molar-refractivity contribution is 6.09. The van der Waals surface area contributed by atoms with Gasteiger partial charge in [-0.25, -0.2) is 9.69 Å². The van der Waals surface area contributed by atoms with Crippen molar-refractivity contribution >= 4 is 17.7 Å². The van der Waals surface area contributed by atoms with E-state index in [-0.39, 0.29) is 18.9 Å². The van der Waals surface area contributed by atoms with Crippen LogP contribution in [0, 0.1) is 11.3 Å². The van der Waals surface area contributed by atoms with Gasteiger partial charge in [0.2, 0.25) is 0 Å². The summed E-state index contributed by atoms with van der Waals surface area (Å²) in [5.74, 6) is 0.0732. The zero-order valence-electron chi connectivity index (χ0n) is 18.0. The van der Waals surface area contributed by atoms with Crippen LogP contribution in [-0.4, -0.2) is 67.0 Å². The first-order valence-electron chi connectivity index (χ1n) is 10.1. The molecule has 0 aliphatic carbocycles. The van der Waals surface area contributed by atoms with Crippen LogP contribution >= 0.6 is 0 Å². The van der Waals surface area contributed by atoms with E-state index in [2.05, 4.69) is 11.4 Å². The molecule has 9 nitrogen and oxygen atoms in total. The molecule has 1 fully saturated rings. The first kappa shape index (κ1) is 21.6. The van der Waals surface area contributed by atoms with Crippen molar-refractivity contribution in [3.05, 3.63) is 59.2 Å². The third-order valence-electron chi connectivity index (χ3n) is 5.87. The number of hydrogen-bond acceptors (Lipinski definition) is 7. The van der Waals surface area contributed by atoms with Gasteiger partial charge in [-0.05, 0) is 24.3 Å². The molecule has 1 saturated heterocycles. The van der Waals surface area contributed by atoms with E-state index in [4.69, 9.17) is 9.47 Å². The summed E-state index contributed by atoms with van der Waals surface area (Å²) in [6, 6.07) is 14.1. The number of ether oxygens (including phenoxy) is 2. The second-order valence-electron chi connectivity index (χ2n) is 8.01. The van der Waals surface area contributed by atoms with Crippen LogP contribution in [0.2, 0.25) is 0 Å². The average Bonchev–Trinajstić information content (AvgIpc) is 3.29. The van der Waals surface area contributed by atoms with Crippen molar-refractivity contribution in [2.45, 2.75) is 24.3 Å². The lowest BCUT2D eigenvalue weighted by molar-refractivity contribution is -0.131. The first-order chi connectivity index (χ1) is 15.3. The van der Waals surface area contributed by atoms with Gasteiger partial charge in [0.25, 0.3) is 5.91 Å². The number of nitrogens with zero attached hydrogens (tertiary/aromatic N) is 3. The van der Waals surface area contributed by atoms with Crippen LogP contribution in [0.3, 0.4) is 0 Å². The van der Waals surface area contributed by atoms with Gasteiger partial charge in [0.1, 0.15) is 5.75 Å². The Labute approximate surface area is 185 Å². The number of benzene rings is 2. The Kier molecular flexibility index (Phi) is 5.50. The van der Waals surface area contributed by atoms with E-state index in [1.54, 1.807) is 61.5 Å². The van der Waals surface area contributed by atoms with Crippen LogP contribution in [0.4, 0.5) is 10.5 Å². The Bertz CT molecular complexity index is 1110. The molecular formula is C23H24N4O5. The zero-order chi connectivity index (χ0) is 23.0. The second-order valence-corrected chi connectivity index (χ2v) is 8.01. The standard InChI is InChI=1S/C23H24N4O5/c1-26(2)22(30)32-20-11-15(28)13-27(20)23(16-6-4-5-7-19(16)31-3)17-10-14(12-24)8-9-18(17)25-21(23)29/h4-10,15,20,28H,11,13H2,1-3H3,(H,25,29)/t15-,20+,23?/m1/s1. The Hall–Kier alpha value is -3.61. The summed E-state index contributed by atoms with van der Waals surface area (Å²) in [7, 11) is 4.63. The minimum Gasteiger partial charge on any atom is -0.496 e. The smallest absolute Gasteiger partial charge is 0.410 e. The van der Waals surface area contributed by atoms with Gasteiger partial charge in [0, 0.05) is 43.9 Å². The number of hydrogen-bond donors (Lipinski definition) is 2. The van der Waals surface area contributed by atoms with Gasteiger partial charge in [0.05, 0.1) is 24.8 Å². The van der Waals surface area contributed by atoms with Crippen LogP contribution in [0.25, 0.3) is 0 Å². The summed E-state index contributed by atoms with van der Waals surface area (Å²) in [6.07, 6.45) is -2.16. The van der Waals surface area contributed by atoms with Crippen molar-refractivity contribution in [3.8, 4) is 11.8 Å². The Morgan fingerprint density at radius 1 is 1.28 bits per heavy atom. The molecule has 2 amide bonds. The van der Waals surface area contributed by atoms with Gasteiger partial charge in [-0.1, -0.05) is 18.2 Å². The van der Waals surface area contributed by atoms with Crippen molar-refractivity contribution in [1.82, 2.24) is 9.80 Å². The lowest BCUT2D eigenvalue weighted by atomic mass is 9.81. The highest BCUT2D eigenvalue weighted by atomic mass is 16.6. The minimum atomic E-state index is -1.48. The Morgan fingerprint density at radius 3 is 2.72 bits per heavy atom. The molecule has 166 valence electrons. The number of amides is 2. The van der Waals surface area contributed by atoms with Gasteiger partial charge in [-0.3, -0.25) is 4.79 Å². The number of rotatable bonds is 4. The van der Waals surface area contributed by atoms with Crippen molar-refractivity contribution in [2.24, 2.45) is 0 Å². The largest absolute Gasteiger partial charge is 0.496 e. The predicted molar refractivity (Wildman–Crippen MR) is 115 cm³/mol. The van der Waals surface area contributed by atoms with E-state index in [9.17, 15) is 20.0 Å². The number of aliphatic hydroxyl groups is 1. The van der Waals surface area contributed by atoms with Crippen LogP contribution in [0.5, 0.6) is 5.75 Å². The molecule has 32 heavy (non-hydrogen) atoms. The molecule has 9 heteroatoms. The number of fused-ring (bicyclic) bond motifs is 1. The van der Waals surface area contributed by atoms with E-state index in [0.717, 1.165) is 0 Å². The van der Waals surface area contributed by atoms with E-state index in [0.29, 0.717) is 28.1 Å². The summed E-state index contributed by atoms with van der Waals surface area (Å²) < 4.78 is 11.3. The van der Waals surface area contributed by atoms with Crippen LogP contribution in [0.1, 0.15) is 23.1 Å². The number of carbonyl (C=O) groups excluding carboxylic acids is 2. The van der Waals surface area contributed by atoms with Gasteiger partial charge in [0.15, 0.2) is 11.8 Å². The lowest BCUT2D eigenvalue weighted by Crippen LogP contribution is -2.55. The summed E-state index contributed by atoms with van der Waals surface area (Å²) in [6.45, 7) is 0.0765. The van der Waals surface area contributed by atoms with E-state index < -0.39 is 24.0 Å². The van der Waals surface area contributed by atoms with Crippen molar-refractivity contribution in [1.29, 1.82) is 5.26 Å². The number of anilines is 1. The molecule has 1 unspecified atom stereocenters. The lowest BCUT2D eigenvalue weighted by Gasteiger charge is -2.41. The molecular weight excluding hydrogens is 412 g/mol. The highest BCUT2D eigenvalue weighted by Crippen LogP contribution is 2.51. The molecule has 0 spiro atoms. The SMILES string of the molecule is COc1ccccc1C1(N2C[C@H](O)C[C@@H]2OC(=O)N(C)C)C(=O)Nc2ccc(C#N)cc21. The summed E-state index contributed by atoms with van der Waals surface area (Å²) in [5, 5.41) is 22.9. The van der Waals surface area contributed by atoms with Gasteiger partial charge in [-0.2, -0.15) is 5.26 Å². The number of nitriles is 1. The highest BCUT2D eigenvalue weighted by Gasteiger charge is 2.59. The second kappa shape index (κ2) is 8.15. The van der Waals surface area contributed by atoms with Gasteiger partial charge in [-0.15, -0.1) is 0 Å². The van der Waals surface area contributed by atoms with Crippen molar-refractivity contribution in [3.63, 3.8) is 0 Å². The van der Waals surface area contributed by atoms with Gasteiger partial charge < -0.3 is 24.8 Å². The van der Waals surface area contributed by atoms with Crippen molar-refractivity contribution < 1.29 is 24.2 Å². The topological polar surface area (TPSA) is 115 Å². The molecule has 0 bridgehead atoms. The van der Waals surface area contributed by atoms with E-state index in [1.165, 1.54) is 12.0 Å². The van der Waals surface area contributed by atoms with Crippen LogP contribution in [0.15, 0.2) is 42.5 Å².